The van der Waals surface area contributed by atoms with Crippen molar-refractivity contribution in [2.45, 2.75) is 13.8 Å². The first-order chi connectivity index (χ1) is 8.17. The van der Waals surface area contributed by atoms with Crippen molar-refractivity contribution < 1.29 is 19.1 Å². The quantitative estimate of drug-likeness (QED) is 0.339. The number of para-hydroxylation sites is 1. The van der Waals surface area contributed by atoms with Crippen LogP contribution in [-0.2, 0) is 9.53 Å². The third-order valence-corrected chi connectivity index (χ3v) is 1.92. The van der Waals surface area contributed by atoms with Gasteiger partial charge in [0.05, 0.1) is 18.2 Å². The number of aldehydes is 1. The van der Waals surface area contributed by atoms with E-state index in [0.717, 1.165) is 0 Å². The molecule has 0 fully saturated rings. The summed E-state index contributed by atoms with van der Waals surface area (Å²) in [5, 5.41) is 0. The molecule has 0 unspecified atom stereocenters. The Morgan fingerprint density at radius 2 is 2.06 bits per heavy atom. The topological polar surface area (TPSA) is 52.6 Å². The van der Waals surface area contributed by atoms with Crippen molar-refractivity contribution in [3.05, 3.63) is 41.7 Å². The molecule has 0 N–H and O–H groups in total. The van der Waals surface area contributed by atoms with Crippen molar-refractivity contribution in [3.63, 3.8) is 0 Å². The number of carbonyl (C=O) groups excluding carboxylic acids is 2. The molecule has 0 heterocycles. The first kappa shape index (κ1) is 13.0. The van der Waals surface area contributed by atoms with Gasteiger partial charge >= 0.3 is 5.97 Å². The molecule has 0 aliphatic heterocycles. The van der Waals surface area contributed by atoms with Crippen LogP contribution in [0.5, 0.6) is 5.75 Å². The zero-order valence-electron chi connectivity index (χ0n) is 9.80. The number of rotatable bonds is 5. The number of esters is 1. The van der Waals surface area contributed by atoms with Gasteiger partial charge in [-0.2, -0.15) is 0 Å². The highest BCUT2D eigenvalue weighted by Gasteiger charge is 2.04. The van der Waals surface area contributed by atoms with Crippen molar-refractivity contribution in [1.29, 1.82) is 0 Å². The van der Waals surface area contributed by atoms with E-state index in [9.17, 15) is 9.59 Å². The first-order valence-corrected chi connectivity index (χ1v) is 5.24. The van der Waals surface area contributed by atoms with Crippen LogP contribution >= 0.6 is 0 Å². The van der Waals surface area contributed by atoms with E-state index in [4.69, 9.17) is 9.47 Å². The van der Waals surface area contributed by atoms with E-state index in [1.165, 1.54) is 6.08 Å². The van der Waals surface area contributed by atoms with Crippen LogP contribution in [0.25, 0.3) is 0 Å². The Morgan fingerprint density at radius 1 is 1.35 bits per heavy atom. The van der Waals surface area contributed by atoms with E-state index >= 15 is 0 Å². The van der Waals surface area contributed by atoms with Crippen LogP contribution in [0.4, 0.5) is 0 Å². The number of allylic oxidation sites excluding steroid dienone is 1. The van der Waals surface area contributed by atoms with Crippen LogP contribution in [0.15, 0.2) is 36.1 Å². The van der Waals surface area contributed by atoms with Gasteiger partial charge in [0.1, 0.15) is 11.5 Å². The average Bonchev–Trinajstić information content (AvgIpc) is 2.29. The molecule has 4 heteroatoms. The van der Waals surface area contributed by atoms with Gasteiger partial charge in [0.2, 0.25) is 0 Å². The van der Waals surface area contributed by atoms with Gasteiger partial charge < -0.3 is 9.47 Å². The fraction of sp³-hybridized carbons (Fsp3) is 0.231. The first-order valence-electron chi connectivity index (χ1n) is 5.24. The van der Waals surface area contributed by atoms with Crippen LogP contribution in [0.2, 0.25) is 0 Å². The van der Waals surface area contributed by atoms with Crippen molar-refractivity contribution in [2.75, 3.05) is 6.61 Å². The SMILES string of the molecule is CCOC(=O)/C=C(/C)Oc1ccccc1C=O. The fourth-order valence-corrected chi connectivity index (χ4v) is 1.22. The third-order valence-electron chi connectivity index (χ3n) is 1.92. The second-order valence-corrected chi connectivity index (χ2v) is 3.26. The maximum absolute atomic E-state index is 11.1. The Bertz CT molecular complexity index is 435. The second-order valence-electron chi connectivity index (χ2n) is 3.26. The highest BCUT2D eigenvalue weighted by molar-refractivity contribution is 5.82. The smallest absolute Gasteiger partial charge is 0.334 e. The minimum atomic E-state index is -0.464. The van der Waals surface area contributed by atoms with E-state index in [2.05, 4.69) is 0 Å². The maximum atomic E-state index is 11.1. The Morgan fingerprint density at radius 3 is 2.71 bits per heavy atom. The lowest BCUT2D eigenvalue weighted by Crippen LogP contribution is -2.03. The predicted octanol–water partition coefficient (Wildman–Crippen LogP) is 2.34. The van der Waals surface area contributed by atoms with Gasteiger partial charge in [0.25, 0.3) is 0 Å². The summed E-state index contributed by atoms with van der Waals surface area (Å²) in [6.07, 6.45) is 1.94. The second kappa shape index (κ2) is 6.48. The molecule has 0 saturated carbocycles. The maximum Gasteiger partial charge on any atom is 0.334 e. The van der Waals surface area contributed by atoms with Gasteiger partial charge in [-0.15, -0.1) is 0 Å². The molecule has 1 aromatic carbocycles. The van der Waals surface area contributed by atoms with Gasteiger partial charge in [-0.25, -0.2) is 4.79 Å². The molecule has 0 aliphatic carbocycles. The highest BCUT2D eigenvalue weighted by Crippen LogP contribution is 2.18. The van der Waals surface area contributed by atoms with E-state index in [1.807, 2.05) is 0 Å². The molecular weight excluding hydrogens is 220 g/mol. The highest BCUT2D eigenvalue weighted by atomic mass is 16.5. The Hall–Kier alpha value is -2.10. The molecule has 0 aromatic heterocycles. The zero-order chi connectivity index (χ0) is 12.7. The van der Waals surface area contributed by atoms with Gasteiger partial charge in [-0.05, 0) is 26.0 Å². The van der Waals surface area contributed by atoms with Crippen LogP contribution in [0.1, 0.15) is 24.2 Å². The van der Waals surface area contributed by atoms with Crippen molar-refractivity contribution in [1.82, 2.24) is 0 Å². The molecule has 90 valence electrons. The number of carbonyl (C=O) groups is 2. The normalized spacial score (nSPS) is 10.8. The number of hydrogen-bond acceptors (Lipinski definition) is 4. The summed E-state index contributed by atoms with van der Waals surface area (Å²) in [5.41, 5.74) is 0.434. The summed E-state index contributed by atoms with van der Waals surface area (Å²) in [7, 11) is 0. The molecule has 1 rings (SSSR count). The van der Waals surface area contributed by atoms with Crippen LogP contribution in [-0.4, -0.2) is 18.9 Å². The molecular formula is C13H14O4. The van der Waals surface area contributed by atoms with Crippen molar-refractivity contribution in [2.24, 2.45) is 0 Å². The fourth-order valence-electron chi connectivity index (χ4n) is 1.22. The van der Waals surface area contributed by atoms with Crippen LogP contribution < -0.4 is 4.74 Å². The van der Waals surface area contributed by atoms with E-state index in [-0.39, 0.29) is 0 Å². The van der Waals surface area contributed by atoms with E-state index in [0.29, 0.717) is 30.0 Å². The molecule has 0 radical (unpaired) electrons. The number of ether oxygens (including phenoxy) is 2. The molecule has 17 heavy (non-hydrogen) atoms. The summed E-state index contributed by atoms with van der Waals surface area (Å²) in [5.74, 6) is 0.326. The lowest BCUT2D eigenvalue weighted by molar-refractivity contribution is -0.137. The minimum absolute atomic E-state index is 0.313. The standard InChI is InChI=1S/C13H14O4/c1-3-16-13(15)8-10(2)17-12-7-5-4-6-11(12)9-14/h4-9H,3H2,1-2H3/b10-8-. The van der Waals surface area contributed by atoms with Gasteiger partial charge in [-0.3, -0.25) is 4.79 Å². The summed E-state index contributed by atoms with van der Waals surface area (Å²) >= 11 is 0. The van der Waals surface area contributed by atoms with E-state index in [1.54, 1.807) is 38.1 Å². The Balaban J connectivity index is 2.77. The Labute approximate surface area is 99.8 Å². The van der Waals surface area contributed by atoms with Crippen molar-refractivity contribution in [3.8, 4) is 5.75 Å². The summed E-state index contributed by atoms with van der Waals surface area (Å²) in [4.78, 5) is 21.9. The molecule has 4 nitrogen and oxygen atoms in total. The number of hydrogen-bond donors (Lipinski definition) is 0. The van der Waals surface area contributed by atoms with E-state index < -0.39 is 5.97 Å². The molecule has 1 aromatic rings. The molecule has 0 spiro atoms. The molecule has 0 bridgehead atoms. The van der Waals surface area contributed by atoms with Gasteiger partial charge in [0.15, 0.2) is 6.29 Å². The summed E-state index contributed by atoms with van der Waals surface area (Å²) < 4.78 is 10.1. The molecule has 0 saturated heterocycles. The molecule has 0 amide bonds. The molecule has 0 atom stereocenters. The van der Waals surface area contributed by atoms with Crippen LogP contribution in [0.3, 0.4) is 0 Å². The van der Waals surface area contributed by atoms with Crippen LogP contribution in [0, 0.1) is 0 Å². The molecule has 0 aliphatic rings. The lowest BCUT2D eigenvalue weighted by atomic mass is 10.2. The third kappa shape index (κ3) is 4.10. The van der Waals surface area contributed by atoms with Crippen molar-refractivity contribution >= 4 is 12.3 Å². The summed E-state index contributed by atoms with van der Waals surface area (Å²) in [6, 6.07) is 6.78. The monoisotopic (exact) mass is 234 g/mol. The predicted molar refractivity (Wildman–Crippen MR) is 62.8 cm³/mol. The minimum Gasteiger partial charge on any atom is -0.463 e. The van der Waals surface area contributed by atoms with Gasteiger partial charge in [-0.1, -0.05) is 12.1 Å². The zero-order valence-corrected chi connectivity index (χ0v) is 9.80. The average molecular weight is 234 g/mol. The summed E-state index contributed by atoms with van der Waals surface area (Å²) in [6.45, 7) is 3.66. The largest absolute Gasteiger partial charge is 0.463 e. The lowest BCUT2D eigenvalue weighted by Gasteiger charge is -2.07. The number of benzene rings is 1. The van der Waals surface area contributed by atoms with Gasteiger partial charge in [0, 0.05) is 0 Å². The Kier molecular flexibility index (Phi) is 4.94.